The Morgan fingerprint density at radius 3 is 0.633 bits per heavy atom. The lowest BCUT2D eigenvalue weighted by Crippen LogP contribution is -1.95. The van der Waals surface area contributed by atoms with Gasteiger partial charge in [-0.15, -0.1) is 0 Å². The van der Waals surface area contributed by atoms with Gasteiger partial charge in [-0.3, -0.25) is 0 Å². The monoisotopic (exact) mass is 759 g/mol. The first-order chi connectivity index (χ1) is 29.7. The minimum absolute atomic E-state index is 0.939. The van der Waals surface area contributed by atoms with Crippen LogP contribution in [0.3, 0.4) is 0 Å². The van der Waals surface area contributed by atoms with Gasteiger partial charge in [0.25, 0.3) is 0 Å². The number of benzene rings is 9. The molecule has 3 nitrogen and oxygen atoms in total. The number of aromatic nitrogens is 3. The van der Waals surface area contributed by atoms with E-state index in [1.807, 2.05) is 0 Å². The van der Waals surface area contributed by atoms with Crippen LogP contribution >= 0.6 is 0 Å². The smallest absolute Gasteiger partial charge is 0.0547 e. The summed E-state index contributed by atoms with van der Waals surface area (Å²) in [5.74, 6) is 0. The molecule has 0 saturated carbocycles. The second-order valence-electron chi connectivity index (χ2n) is 17.7. The zero-order valence-electron chi connectivity index (χ0n) is 32.6. The third-order valence-corrected chi connectivity index (χ3v) is 14.7. The lowest BCUT2D eigenvalue weighted by Gasteiger charge is -2.11. The van der Waals surface area contributed by atoms with Crippen molar-refractivity contribution < 1.29 is 0 Å². The second kappa shape index (κ2) is 10.3. The molecular weight excluding hydrogens is 727 g/mol. The highest BCUT2D eigenvalue weighted by atomic mass is 15.0. The van der Waals surface area contributed by atoms with Crippen molar-refractivity contribution in [2.45, 2.75) is 19.3 Å². The van der Waals surface area contributed by atoms with Gasteiger partial charge >= 0.3 is 0 Å². The molecular formula is C57H33N3. The molecule has 15 rings (SSSR count). The van der Waals surface area contributed by atoms with Crippen molar-refractivity contribution in [3.8, 4) is 50.4 Å². The quantitative estimate of drug-likeness (QED) is 0.170. The predicted octanol–water partition coefficient (Wildman–Crippen LogP) is 14.0. The molecule has 3 aliphatic carbocycles. The van der Waals surface area contributed by atoms with Gasteiger partial charge < -0.3 is 13.7 Å². The van der Waals surface area contributed by atoms with Crippen molar-refractivity contribution in [1.29, 1.82) is 0 Å². The SMILES string of the molecule is c1ccc(-n2c3cc4c5cc3c3cc6c(cc32)-c2cc3c(cc2C6)c2cc6c(cc2n3-c2ccccc2)-c2cc3c(cc2C6)c2cc(c-4cc2n3-c2ccccc2)C5)cc1. The molecule has 0 fully saturated rings. The Kier molecular flexibility index (Phi) is 5.24. The van der Waals surface area contributed by atoms with E-state index in [1.54, 1.807) is 0 Å². The summed E-state index contributed by atoms with van der Waals surface area (Å²) >= 11 is 0. The van der Waals surface area contributed by atoms with E-state index in [1.165, 1.54) is 149 Å². The van der Waals surface area contributed by atoms with Gasteiger partial charge in [0.1, 0.15) is 0 Å². The summed E-state index contributed by atoms with van der Waals surface area (Å²) in [5.41, 5.74) is 27.8. The van der Waals surface area contributed by atoms with Crippen molar-refractivity contribution in [2.75, 3.05) is 0 Å². The number of fused-ring (bicyclic) bond motifs is 18. The first-order valence-electron chi connectivity index (χ1n) is 21.3. The van der Waals surface area contributed by atoms with Crippen molar-refractivity contribution in [2.24, 2.45) is 0 Å². The van der Waals surface area contributed by atoms with Crippen molar-refractivity contribution in [3.05, 3.63) is 197 Å². The Hall–Kier alpha value is -7.62. The third kappa shape index (κ3) is 3.61. The molecule has 0 aliphatic heterocycles. The molecule has 3 heteroatoms. The van der Waals surface area contributed by atoms with Gasteiger partial charge in [0, 0.05) is 49.4 Å². The maximum atomic E-state index is 2.53. The number of hydrogen-bond acceptors (Lipinski definition) is 0. The average molecular weight is 760 g/mol. The summed E-state index contributed by atoms with van der Waals surface area (Å²) in [5, 5.41) is 8.02. The second-order valence-corrected chi connectivity index (χ2v) is 17.7. The normalized spacial score (nSPS) is 13.8. The summed E-state index contributed by atoms with van der Waals surface area (Å²) in [7, 11) is 0. The maximum absolute atomic E-state index is 2.53. The molecule has 0 bridgehead atoms. The Balaban J connectivity index is 1.12. The highest BCUT2D eigenvalue weighted by Gasteiger charge is 2.30. The van der Waals surface area contributed by atoms with Crippen LogP contribution in [-0.2, 0) is 19.3 Å². The maximum Gasteiger partial charge on any atom is 0.0547 e. The number of para-hydroxylation sites is 3. The summed E-state index contributed by atoms with van der Waals surface area (Å²) < 4.78 is 7.59. The molecule has 3 aliphatic rings. The highest BCUT2D eigenvalue weighted by molar-refractivity contribution is 6.17. The van der Waals surface area contributed by atoms with E-state index < -0.39 is 0 Å². The van der Waals surface area contributed by atoms with E-state index in [9.17, 15) is 0 Å². The van der Waals surface area contributed by atoms with Gasteiger partial charge in [-0.2, -0.15) is 0 Å². The zero-order valence-corrected chi connectivity index (χ0v) is 32.6. The van der Waals surface area contributed by atoms with Crippen LogP contribution in [0.1, 0.15) is 33.4 Å². The van der Waals surface area contributed by atoms with E-state index in [4.69, 9.17) is 0 Å². The van der Waals surface area contributed by atoms with E-state index in [0.717, 1.165) is 19.3 Å². The van der Waals surface area contributed by atoms with Gasteiger partial charge in [0.15, 0.2) is 0 Å². The van der Waals surface area contributed by atoms with E-state index in [2.05, 4.69) is 177 Å². The Morgan fingerprint density at radius 1 is 0.233 bits per heavy atom. The molecule has 276 valence electrons. The standard InChI is InChI=1S/C57H33N3/c1-4-10-37(11-5-1)58-52-25-40-31-16-33-21-48-50-23-35-18-36-24-51-49-22-34-17-32-20-47(46(52)19-31)53(58)26-41(32)43(34)28-55(49)60(39-14-8-3-9-15-39)57(51)30-45(36)44(35)29-56(50)59(54(48)27-42(33)40)38-12-6-2-7-13-38/h1-15,19-30H,16-18H2. The van der Waals surface area contributed by atoms with Crippen LogP contribution in [0.5, 0.6) is 0 Å². The number of rotatable bonds is 3. The lowest BCUT2D eigenvalue weighted by molar-refractivity contribution is 1.18. The number of hydrogen-bond donors (Lipinski definition) is 0. The molecule has 0 N–H and O–H groups in total. The largest absolute Gasteiger partial charge is 0.309 e. The lowest BCUT2D eigenvalue weighted by atomic mass is 9.99. The van der Waals surface area contributed by atoms with Crippen LogP contribution in [-0.4, -0.2) is 13.7 Å². The van der Waals surface area contributed by atoms with E-state index in [0.29, 0.717) is 0 Å². The summed E-state index contributed by atoms with van der Waals surface area (Å²) in [6.45, 7) is 0. The van der Waals surface area contributed by atoms with Gasteiger partial charge in [-0.05, 0) is 195 Å². The predicted molar refractivity (Wildman–Crippen MR) is 248 cm³/mol. The van der Waals surface area contributed by atoms with Gasteiger partial charge in [-0.1, -0.05) is 54.6 Å². The summed E-state index contributed by atoms with van der Waals surface area (Å²) in [6, 6.07) is 63.3. The van der Waals surface area contributed by atoms with Crippen LogP contribution < -0.4 is 0 Å². The van der Waals surface area contributed by atoms with Gasteiger partial charge in [-0.25, -0.2) is 0 Å². The molecule has 0 radical (unpaired) electrons. The Morgan fingerprint density at radius 2 is 0.433 bits per heavy atom. The molecule has 3 heterocycles. The van der Waals surface area contributed by atoms with Crippen molar-refractivity contribution >= 4 is 65.4 Å². The highest BCUT2D eigenvalue weighted by Crippen LogP contribution is 2.51. The topological polar surface area (TPSA) is 14.8 Å². The number of nitrogens with zero attached hydrogens (tertiary/aromatic N) is 3. The summed E-state index contributed by atoms with van der Waals surface area (Å²) in [4.78, 5) is 0. The molecule has 60 heavy (non-hydrogen) atoms. The van der Waals surface area contributed by atoms with Gasteiger partial charge in [0.2, 0.25) is 0 Å². The average Bonchev–Trinajstić information content (AvgIpc) is 4.12. The third-order valence-electron chi connectivity index (χ3n) is 14.7. The van der Waals surface area contributed by atoms with Crippen molar-refractivity contribution in [1.82, 2.24) is 13.7 Å². The fourth-order valence-electron chi connectivity index (χ4n) is 12.2. The molecule has 0 amide bonds. The van der Waals surface area contributed by atoms with Crippen LogP contribution in [0.25, 0.3) is 116 Å². The zero-order chi connectivity index (χ0) is 38.5. The van der Waals surface area contributed by atoms with Crippen LogP contribution in [0.2, 0.25) is 0 Å². The minimum Gasteiger partial charge on any atom is -0.309 e. The minimum atomic E-state index is 0.939. The molecule has 3 aromatic heterocycles. The first-order valence-corrected chi connectivity index (χ1v) is 21.3. The Bertz CT molecular complexity index is 3380. The molecule has 0 spiro atoms. The molecule has 9 aromatic carbocycles. The van der Waals surface area contributed by atoms with Crippen LogP contribution in [0.4, 0.5) is 0 Å². The Labute approximate surface area is 344 Å². The first kappa shape index (κ1) is 30.5. The fourth-order valence-corrected chi connectivity index (χ4v) is 12.2. The molecule has 0 saturated heterocycles. The molecule has 12 aromatic rings. The summed E-state index contributed by atoms with van der Waals surface area (Å²) in [6.07, 6.45) is 2.82. The van der Waals surface area contributed by atoms with Crippen molar-refractivity contribution in [3.63, 3.8) is 0 Å². The molecule has 0 atom stereocenters. The molecule has 0 unspecified atom stereocenters. The van der Waals surface area contributed by atoms with E-state index >= 15 is 0 Å². The fraction of sp³-hybridized carbons (Fsp3) is 0.0526. The van der Waals surface area contributed by atoms with Crippen LogP contribution in [0, 0.1) is 0 Å². The van der Waals surface area contributed by atoms with E-state index in [-0.39, 0.29) is 0 Å². The van der Waals surface area contributed by atoms with Crippen LogP contribution in [0.15, 0.2) is 164 Å². The van der Waals surface area contributed by atoms with Gasteiger partial charge in [0.05, 0.1) is 33.1 Å².